The molecule has 3 heteroatoms. The van der Waals surface area contributed by atoms with Gasteiger partial charge in [0.15, 0.2) is 0 Å². The van der Waals surface area contributed by atoms with E-state index in [-0.39, 0.29) is 18.6 Å². The lowest BCUT2D eigenvalue weighted by Crippen LogP contribution is -2.36. The zero-order chi connectivity index (χ0) is 8.97. The zero-order valence-electron chi connectivity index (χ0n) is 7.18. The van der Waals surface area contributed by atoms with Gasteiger partial charge in [0.25, 0.3) is 0 Å². The number of aliphatic hydroxyl groups excluding tert-OH is 1. The second kappa shape index (κ2) is 4.40. The fraction of sp³-hybridized carbons (Fsp3) is 0.556. The Bertz CT molecular complexity index is 189. The molecular formula is C9H15NO2. The Hall–Kier alpha value is -0.640. The molecule has 3 atom stereocenters. The number of aliphatic hydroxyl groups is 1. The third-order valence-electron chi connectivity index (χ3n) is 2.08. The van der Waals surface area contributed by atoms with Crippen LogP contribution in [0.25, 0.3) is 0 Å². The van der Waals surface area contributed by atoms with Gasteiger partial charge in [-0.3, -0.25) is 0 Å². The van der Waals surface area contributed by atoms with E-state index in [9.17, 15) is 5.11 Å². The summed E-state index contributed by atoms with van der Waals surface area (Å²) >= 11 is 0. The fourth-order valence-electron chi connectivity index (χ4n) is 1.34. The van der Waals surface area contributed by atoms with Gasteiger partial charge in [0.05, 0.1) is 12.2 Å². The first-order valence-corrected chi connectivity index (χ1v) is 4.05. The first-order valence-electron chi connectivity index (χ1n) is 4.05. The first-order chi connectivity index (χ1) is 5.79. The van der Waals surface area contributed by atoms with Gasteiger partial charge in [0, 0.05) is 19.6 Å². The molecule has 3 N–H and O–H groups in total. The van der Waals surface area contributed by atoms with Crippen molar-refractivity contribution in [3.8, 4) is 0 Å². The molecule has 0 aromatic heterocycles. The molecule has 0 heterocycles. The van der Waals surface area contributed by atoms with E-state index in [4.69, 9.17) is 10.5 Å². The van der Waals surface area contributed by atoms with E-state index in [0.717, 1.165) is 0 Å². The molecule has 0 spiro atoms. The summed E-state index contributed by atoms with van der Waals surface area (Å²) in [6.45, 7) is 0.267. The topological polar surface area (TPSA) is 55.5 Å². The number of rotatable bonds is 3. The highest BCUT2D eigenvalue weighted by atomic mass is 16.5. The zero-order valence-corrected chi connectivity index (χ0v) is 7.18. The molecule has 0 saturated carbocycles. The maximum Gasteiger partial charge on any atom is 0.0843 e. The Morgan fingerprint density at radius 1 is 1.50 bits per heavy atom. The van der Waals surface area contributed by atoms with E-state index in [1.54, 1.807) is 7.11 Å². The summed E-state index contributed by atoms with van der Waals surface area (Å²) in [5, 5.41) is 9.49. The highest BCUT2D eigenvalue weighted by Gasteiger charge is 2.24. The molecule has 3 unspecified atom stereocenters. The monoisotopic (exact) mass is 169 g/mol. The molecule has 12 heavy (non-hydrogen) atoms. The first kappa shape index (κ1) is 9.45. The van der Waals surface area contributed by atoms with Crippen molar-refractivity contribution in [1.29, 1.82) is 0 Å². The van der Waals surface area contributed by atoms with Crippen LogP contribution < -0.4 is 5.73 Å². The lowest BCUT2D eigenvalue weighted by atomic mass is 9.92. The summed E-state index contributed by atoms with van der Waals surface area (Å²) in [5.74, 6) is -0.00926. The van der Waals surface area contributed by atoms with Crippen molar-refractivity contribution in [2.75, 3.05) is 13.7 Å². The van der Waals surface area contributed by atoms with E-state index in [1.807, 2.05) is 24.3 Å². The van der Waals surface area contributed by atoms with Crippen LogP contribution in [0.2, 0.25) is 0 Å². The molecule has 1 rings (SSSR count). The standard InChI is InChI=1S/C9H15NO2/c1-12-9-5-3-2-4-7(9)8(11)6-10/h2-5,7-9,11H,6,10H2,1H3. The normalized spacial score (nSPS) is 30.6. The van der Waals surface area contributed by atoms with Crippen LogP contribution in [-0.4, -0.2) is 31.0 Å². The maximum absolute atomic E-state index is 9.49. The number of hydrogen-bond donors (Lipinski definition) is 2. The van der Waals surface area contributed by atoms with Gasteiger partial charge in [-0.05, 0) is 0 Å². The van der Waals surface area contributed by atoms with Gasteiger partial charge in [-0.15, -0.1) is 0 Å². The quantitative estimate of drug-likeness (QED) is 0.628. The molecule has 0 aromatic rings. The summed E-state index contributed by atoms with van der Waals surface area (Å²) in [7, 11) is 1.63. The maximum atomic E-state index is 9.49. The summed E-state index contributed by atoms with van der Waals surface area (Å²) < 4.78 is 5.17. The van der Waals surface area contributed by atoms with Crippen LogP contribution >= 0.6 is 0 Å². The highest BCUT2D eigenvalue weighted by molar-refractivity contribution is 5.16. The third-order valence-corrected chi connectivity index (χ3v) is 2.08. The molecule has 0 radical (unpaired) electrons. The molecule has 0 bridgehead atoms. The van der Waals surface area contributed by atoms with Crippen molar-refractivity contribution in [2.45, 2.75) is 12.2 Å². The molecule has 1 aliphatic carbocycles. The molecule has 0 amide bonds. The molecule has 68 valence electrons. The van der Waals surface area contributed by atoms with Gasteiger partial charge in [-0.25, -0.2) is 0 Å². The van der Waals surface area contributed by atoms with Gasteiger partial charge in [0.1, 0.15) is 0 Å². The van der Waals surface area contributed by atoms with E-state index in [2.05, 4.69) is 0 Å². The molecular weight excluding hydrogens is 154 g/mol. The van der Waals surface area contributed by atoms with Crippen molar-refractivity contribution in [2.24, 2.45) is 11.7 Å². The predicted octanol–water partition coefficient (Wildman–Crippen LogP) is 0.0632. The predicted molar refractivity (Wildman–Crippen MR) is 47.6 cm³/mol. The summed E-state index contributed by atoms with van der Waals surface area (Å²) in [5.41, 5.74) is 5.36. The fourth-order valence-corrected chi connectivity index (χ4v) is 1.34. The Kier molecular flexibility index (Phi) is 3.47. The second-order valence-electron chi connectivity index (χ2n) is 2.85. The highest BCUT2D eigenvalue weighted by Crippen LogP contribution is 2.18. The molecule has 3 nitrogen and oxygen atoms in total. The second-order valence-corrected chi connectivity index (χ2v) is 2.85. The van der Waals surface area contributed by atoms with Crippen LogP contribution in [0.5, 0.6) is 0 Å². The Morgan fingerprint density at radius 2 is 2.17 bits per heavy atom. The summed E-state index contributed by atoms with van der Waals surface area (Å²) in [4.78, 5) is 0. The van der Waals surface area contributed by atoms with Crippen LogP contribution in [0.4, 0.5) is 0 Å². The van der Waals surface area contributed by atoms with Crippen LogP contribution in [0.3, 0.4) is 0 Å². The molecule has 0 fully saturated rings. The van der Waals surface area contributed by atoms with E-state index in [0.29, 0.717) is 0 Å². The van der Waals surface area contributed by atoms with E-state index >= 15 is 0 Å². The average Bonchev–Trinajstić information content (AvgIpc) is 2.16. The minimum Gasteiger partial charge on any atom is -0.391 e. The number of hydrogen-bond acceptors (Lipinski definition) is 3. The SMILES string of the molecule is COC1C=CC=CC1C(O)CN. The largest absolute Gasteiger partial charge is 0.391 e. The van der Waals surface area contributed by atoms with Crippen molar-refractivity contribution in [3.05, 3.63) is 24.3 Å². The molecule has 0 aliphatic heterocycles. The van der Waals surface area contributed by atoms with Gasteiger partial charge in [-0.2, -0.15) is 0 Å². The van der Waals surface area contributed by atoms with Crippen LogP contribution in [-0.2, 0) is 4.74 Å². The molecule has 0 saturated heterocycles. The summed E-state index contributed by atoms with van der Waals surface area (Å²) in [6, 6.07) is 0. The van der Waals surface area contributed by atoms with Crippen molar-refractivity contribution < 1.29 is 9.84 Å². The lowest BCUT2D eigenvalue weighted by molar-refractivity contribution is 0.0359. The summed E-state index contributed by atoms with van der Waals surface area (Å²) in [6.07, 6.45) is 7.09. The van der Waals surface area contributed by atoms with Crippen LogP contribution in [0, 0.1) is 5.92 Å². The Balaban J connectivity index is 2.61. The minimum atomic E-state index is -0.517. The smallest absolute Gasteiger partial charge is 0.0843 e. The van der Waals surface area contributed by atoms with Gasteiger partial charge < -0.3 is 15.6 Å². The van der Waals surface area contributed by atoms with Crippen molar-refractivity contribution in [3.63, 3.8) is 0 Å². The van der Waals surface area contributed by atoms with Gasteiger partial charge in [0.2, 0.25) is 0 Å². The Labute approximate surface area is 72.5 Å². The Morgan fingerprint density at radius 3 is 2.75 bits per heavy atom. The number of nitrogens with two attached hydrogens (primary N) is 1. The number of allylic oxidation sites excluding steroid dienone is 2. The molecule has 1 aliphatic rings. The van der Waals surface area contributed by atoms with Crippen LogP contribution in [0.15, 0.2) is 24.3 Å². The van der Waals surface area contributed by atoms with Crippen molar-refractivity contribution >= 4 is 0 Å². The van der Waals surface area contributed by atoms with E-state index in [1.165, 1.54) is 0 Å². The third kappa shape index (κ3) is 1.94. The minimum absolute atomic E-state index is 0.00926. The lowest BCUT2D eigenvalue weighted by Gasteiger charge is -2.26. The van der Waals surface area contributed by atoms with Gasteiger partial charge >= 0.3 is 0 Å². The van der Waals surface area contributed by atoms with Gasteiger partial charge in [-0.1, -0.05) is 24.3 Å². The van der Waals surface area contributed by atoms with Crippen LogP contribution in [0.1, 0.15) is 0 Å². The molecule has 0 aromatic carbocycles. The number of ether oxygens (including phenoxy) is 1. The van der Waals surface area contributed by atoms with Crippen molar-refractivity contribution in [1.82, 2.24) is 0 Å². The van der Waals surface area contributed by atoms with E-state index < -0.39 is 6.10 Å². The average molecular weight is 169 g/mol. The number of methoxy groups -OCH3 is 1.